The third kappa shape index (κ3) is 4.14. The van der Waals surface area contributed by atoms with Gasteiger partial charge >= 0.3 is 6.18 Å². The molecule has 0 saturated carbocycles. The number of carbonyl (C=O) groups excluding carboxylic acids is 1. The number of alkyl halides is 3. The van der Waals surface area contributed by atoms with E-state index in [1.165, 1.54) is 28.6 Å². The van der Waals surface area contributed by atoms with Gasteiger partial charge in [0.25, 0.3) is 5.56 Å². The monoisotopic (exact) mass is 407 g/mol. The van der Waals surface area contributed by atoms with E-state index >= 15 is 0 Å². The Balaban J connectivity index is 1.77. The largest absolute Gasteiger partial charge is 0.416 e. The average molecular weight is 407 g/mol. The number of hydrogen-bond acceptors (Lipinski definition) is 3. The third-order valence-electron chi connectivity index (χ3n) is 4.31. The van der Waals surface area contributed by atoms with E-state index in [0.717, 1.165) is 12.1 Å². The number of amides is 1. The SMILES string of the molecule is CN(Cc1ccc(C(F)(F)F)cc1)C(=O)Cn1c(=S)[nH]c2ccccc2c1=O. The van der Waals surface area contributed by atoms with Crippen LogP contribution in [0.5, 0.6) is 0 Å². The minimum atomic E-state index is -4.41. The first-order valence-electron chi connectivity index (χ1n) is 8.29. The Labute approximate surface area is 163 Å². The zero-order valence-corrected chi connectivity index (χ0v) is 15.6. The molecule has 0 saturated heterocycles. The number of carbonyl (C=O) groups is 1. The maximum absolute atomic E-state index is 12.6. The summed E-state index contributed by atoms with van der Waals surface area (Å²) in [5.74, 6) is -0.392. The van der Waals surface area contributed by atoms with E-state index < -0.39 is 17.6 Å². The Morgan fingerprint density at radius 3 is 2.43 bits per heavy atom. The van der Waals surface area contributed by atoms with Gasteiger partial charge in [-0.1, -0.05) is 24.3 Å². The van der Waals surface area contributed by atoms with E-state index in [-0.39, 0.29) is 23.4 Å². The molecular formula is C19H16F3N3O2S. The summed E-state index contributed by atoms with van der Waals surface area (Å²) >= 11 is 5.18. The number of halogens is 3. The Bertz CT molecular complexity index is 1130. The number of aromatic amines is 1. The molecule has 0 aliphatic rings. The molecule has 0 bridgehead atoms. The lowest BCUT2D eigenvalue weighted by Crippen LogP contribution is -2.34. The van der Waals surface area contributed by atoms with Crippen LogP contribution in [0.1, 0.15) is 11.1 Å². The highest BCUT2D eigenvalue weighted by atomic mass is 32.1. The number of rotatable bonds is 4. The van der Waals surface area contributed by atoms with E-state index in [4.69, 9.17) is 12.2 Å². The molecule has 0 atom stereocenters. The summed E-state index contributed by atoms with van der Waals surface area (Å²) in [6.45, 7) is -0.161. The molecule has 9 heteroatoms. The van der Waals surface area contributed by atoms with Gasteiger partial charge in [-0.2, -0.15) is 13.2 Å². The lowest BCUT2D eigenvalue weighted by molar-refractivity contribution is -0.137. The molecule has 0 fully saturated rings. The molecule has 5 nitrogen and oxygen atoms in total. The van der Waals surface area contributed by atoms with Crippen LogP contribution in [0, 0.1) is 4.77 Å². The standard InChI is InChI=1S/C19H16F3N3O2S/c1-24(10-12-6-8-13(9-7-12)19(20,21)22)16(26)11-25-17(27)14-4-2-3-5-15(14)23-18(25)28/h2-9H,10-11H2,1H3,(H,23,28). The number of aromatic nitrogens is 2. The van der Waals surface area contributed by atoms with Crippen molar-refractivity contribution < 1.29 is 18.0 Å². The van der Waals surface area contributed by atoms with Crippen molar-refractivity contribution in [3.8, 4) is 0 Å². The minimum Gasteiger partial charge on any atom is -0.340 e. The summed E-state index contributed by atoms with van der Waals surface area (Å²) in [4.78, 5) is 29.4. The summed E-state index contributed by atoms with van der Waals surface area (Å²) in [5, 5.41) is 0.411. The Hall–Kier alpha value is -2.94. The van der Waals surface area contributed by atoms with Crippen LogP contribution in [-0.4, -0.2) is 27.4 Å². The molecule has 1 heterocycles. The second-order valence-electron chi connectivity index (χ2n) is 6.31. The lowest BCUT2D eigenvalue weighted by atomic mass is 10.1. The molecule has 0 aliphatic carbocycles. The first-order chi connectivity index (χ1) is 13.2. The maximum atomic E-state index is 12.6. The van der Waals surface area contributed by atoms with Crippen molar-refractivity contribution in [3.63, 3.8) is 0 Å². The van der Waals surface area contributed by atoms with E-state index in [1.54, 1.807) is 24.3 Å². The van der Waals surface area contributed by atoms with Crippen LogP contribution >= 0.6 is 12.2 Å². The highest BCUT2D eigenvalue weighted by Crippen LogP contribution is 2.29. The summed E-state index contributed by atoms with van der Waals surface area (Å²) in [6, 6.07) is 11.4. The van der Waals surface area contributed by atoms with Crippen LogP contribution in [0.25, 0.3) is 10.9 Å². The molecule has 146 valence electrons. The van der Waals surface area contributed by atoms with Crippen LogP contribution in [0.4, 0.5) is 13.2 Å². The van der Waals surface area contributed by atoms with Gasteiger partial charge in [-0.05, 0) is 42.0 Å². The highest BCUT2D eigenvalue weighted by molar-refractivity contribution is 7.71. The lowest BCUT2D eigenvalue weighted by Gasteiger charge is -2.18. The number of para-hydroxylation sites is 1. The Kier molecular flexibility index (Phi) is 5.37. The molecule has 28 heavy (non-hydrogen) atoms. The molecule has 0 radical (unpaired) electrons. The van der Waals surface area contributed by atoms with Crippen molar-refractivity contribution >= 4 is 29.0 Å². The number of hydrogen-bond donors (Lipinski definition) is 1. The van der Waals surface area contributed by atoms with Crippen molar-refractivity contribution in [1.82, 2.24) is 14.5 Å². The second kappa shape index (κ2) is 7.59. The average Bonchev–Trinajstić information content (AvgIpc) is 2.64. The maximum Gasteiger partial charge on any atom is 0.416 e. The smallest absolute Gasteiger partial charge is 0.340 e. The fourth-order valence-corrected chi connectivity index (χ4v) is 3.02. The summed E-state index contributed by atoms with van der Waals surface area (Å²) < 4.78 is 39.2. The molecule has 2 aromatic carbocycles. The molecule has 1 aromatic heterocycles. The van der Waals surface area contributed by atoms with E-state index in [2.05, 4.69) is 4.98 Å². The van der Waals surface area contributed by atoms with Gasteiger partial charge in [-0.25, -0.2) is 0 Å². The molecule has 1 N–H and O–H groups in total. The van der Waals surface area contributed by atoms with Gasteiger partial charge < -0.3 is 9.88 Å². The zero-order chi connectivity index (χ0) is 20.5. The van der Waals surface area contributed by atoms with E-state index in [9.17, 15) is 22.8 Å². The van der Waals surface area contributed by atoms with Crippen LogP contribution in [0.2, 0.25) is 0 Å². The van der Waals surface area contributed by atoms with Crippen LogP contribution < -0.4 is 5.56 Å². The van der Waals surface area contributed by atoms with Gasteiger partial charge in [-0.3, -0.25) is 14.2 Å². The minimum absolute atomic E-state index is 0.107. The molecular weight excluding hydrogens is 391 g/mol. The first kappa shape index (κ1) is 19.8. The van der Waals surface area contributed by atoms with E-state index in [0.29, 0.717) is 16.5 Å². The number of nitrogens with one attached hydrogen (secondary N) is 1. The molecule has 3 rings (SSSR count). The molecule has 3 aromatic rings. The number of benzene rings is 2. The van der Waals surface area contributed by atoms with Crippen molar-refractivity contribution in [2.45, 2.75) is 19.3 Å². The predicted molar refractivity (Wildman–Crippen MR) is 101 cm³/mol. The van der Waals surface area contributed by atoms with E-state index in [1.807, 2.05) is 0 Å². The quantitative estimate of drug-likeness (QED) is 0.671. The fourth-order valence-electron chi connectivity index (χ4n) is 2.76. The van der Waals surface area contributed by atoms with Crippen LogP contribution in [0.15, 0.2) is 53.3 Å². The number of nitrogens with zero attached hydrogens (tertiary/aromatic N) is 2. The van der Waals surface area contributed by atoms with Gasteiger partial charge in [-0.15, -0.1) is 0 Å². The van der Waals surface area contributed by atoms with Gasteiger partial charge in [0, 0.05) is 13.6 Å². The molecule has 0 aliphatic heterocycles. The fraction of sp³-hybridized carbons (Fsp3) is 0.211. The molecule has 0 unspecified atom stereocenters. The predicted octanol–water partition coefficient (Wildman–Crippen LogP) is 3.74. The second-order valence-corrected chi connectivity index (χ2v) is 6.70. The van der Waals surface area contributed by atoms with Crippen molar-refractivity contribution in [2.24, 2.45) is 0 Å². The Morgan fingerprint density at radius 2 is 1.79 bits per heavy atom. The normalized spacial score (nSPS) is 11.6. The summed E-state index contributed by atoms with van der Waals surface area (Å²) in [6.07, 6.45) is -4.41. The zero-order valence-electron chi connectivity index (χ0n) is 14.8. The number of likely N-dealkylation sites (N-methyl/N-ethyl adjacent to an activating group) is 1. The van der Waals surface area contributed by atoms with Crippen molar-refractivity contribution in [3.05, 3.63) is 74.8 Å². The van der Waals surface area contributed by atoms with Gasteiger partial charge in [0.2, 0.25) is 5.91 Å². The first-order valence-corrected chi connectivity index (χ1v) is 8.69. The van der Waals surface area contributed by atoms with Gasteiger partial charge in [0.1, 0.15) is 6.54 Å². The van der Waals surface area contributed by atoms with Crippen molar-refractivity contribution in [2.75, 3.05) is 7.05 Å². The summed E-state index contributed by atoms with van der Waals surface area (Å²) in [7, 11) is 1.51. The van der Waals surface area contributed by atoms with Crippen LogP contribution in [-0.2, 0) is 24.1 Å². The molecule has 0 spiro atoms. The Morgan fingerprint density at radius 1 is 1.14 bits per heavy atom. The highest BCUT2D eigenvalue weighted by Gasteiger charge is 2.30. The van der Waals surface area contributed by atoms with Crippen LogP contribution in [0.3, 0.4) is 0 Å². The summed E-state index contributed by atoms with van der Waals surface area (Å²) in [5.41, 5.74) is -0.00552. The number of fused-ring (bicyclic) bond motifs is 1. The molecule has 1 amide bonds. The van der Waals surface area contributed by atoms with Crippen molar-refractivity contribution in [1.29, 1.82) is 0 Å². The third-order valence-corrected chi connectivity index (χ3v) is 4.63. The topological polar surface area (TPSA) is 58.1 Å². The van der Waals surface area contributed by atoms with Gasteiger partial charge in [0.15, 0.2) is 4.77 Å². The number of H-pyrrole nitrogens is 1. The van der Waals surface area contributed by atoms with Gasteiger partial charge in [0.05, 0.1) is 16.5 Å².